The molecule has 0 aliphatic rings. The maximum Gasteiger partial charge on any atom is 0.421 e. The van der Waals surface area contributed by atoms with E-state index in [1.165, 1.54) is 6.92 Å². The van der Waals surface area contributed by atoms with Crippen LogP contribution in [0.3, 0.4) is 0 Å². The number of carbonyl (C=O) groups is 2. The number of carbonyl (C=O) groups excluding carboxylic acids is 2. The summed E-state index contributed by atoms with van der Waals surface area (Å²) in [6.45, 7) is 1.47. The first kappa shape index (κ1) is 13.8. The van der Waals surface area contributed by atoms with E-state index in [-0.39, 0.29) is 12.5 Å². The number of anilines is 1. The Hall–Kier alpha value is -2.62. The second-order valence-electron chi connectivity index (χ2n) is 4.23. The van der Waals surface area contributed by atoms with E-state index in [2.05, 4.69) is 0 Å². The minimum atomic E-state index is -0.674. The Bertz CT molecular complexity index is 581. The summed E-state index contributed by atoms with van der Waals surface area (Å²) in [7, 11) is 0. The van der Waals surface area contributed by atoms with Crippen LogP contribution in [-0.2, 0) is 16.1 Å². The molecule has 4 heteroatoms. The van der Waals surface area contributed by atoms with E-state index < -0.39 is 6.09 Å². The Kier molecular flexibility index (Phi) is 4.50. The van der Waals surface area contributed by atoms with E-state index in [0.29, 0.717) is 5.69 Å². The molecule has 0 heterocycles. The average Bonchev–Trinajstić information content (AvgIpc) is 2.47. The molecule has 0 N–H and O–H groups in total. The molecule has 2 amide bonds. The first-order valence-electron chi connectivity index (χ1n) is 6.25. The standard InChI is InChI=1S/C16H15NO3/c1-13(18)17(15-10-6-3-7-11-15)16(19)20-12-14-8-4-2-5-9-14/h2-11H,12H2,1H3. The normalized spacial score (nSPS) is 9.85. The number of benzene rings is 2. The van der Waals surface area contributed by atoms with Gasteiger partial charge in [0.1, 0.15) is 6.61 Å². The topological polar surface area (TPSA) is 46.6 Å². The van der Waals surface area contributed by atoms with Crippen LogP contribution in [0.5, 0.6) is 0 Å². The highest BCUT2D eigenvalue weighted by molar-refractivity contribution is 6.11. The molecule has 0 unspecified atom stereocenters. The summed E-state index contributed by atoms with van der Waals surface area (Å²) < 4.78 is 5.17. The van der Waals surface area contributed by atoms with Crippen molar-refractivity contribution in [3.63, 3.8) is 0 Å². The number of para-hydroxylation sites is 1. The van der Waals surface area contributed by atoms with Gasteiger partial charge in [-0.1, -0.05) is 48.5 Å². The van der Waals surface area contributed by atoms with Gasteiger partial charge in [-0.3, -0.25) is 4.79 Å². The van der Waals surface area contributed by atoms with Crippen LogP contribution in [0.2, 0.25) is 0 Å². The fourth-order valence-corrected chi connectivity index (χ4v) is 1.78. The molecule has 4 nitrogen and oxygen atoms in total. The molecule has 0 fully saturated rings. The predicted octanol–water partition coefficient (Wildman–Crippen LogP) is 3.38. The molecule has 0 bridgehead atoms. The van der Waals surface area contributed by atoms with Gasteiger partial charge in [-0.25, -0.2) is 9.69 Å². The number of amides is 2. The quantitative estimate of drug-likeness (QED) is 0.858. The fourth-order valence-electron chi connectivity index (χ4n) is 1.78. The summed E-state index contributed by atoms with van der Waals surface area (Å²) in [5.41, 5.74) is 1.37. The van der Waals surface area contributed by atoms with Crippen molar-refractivity contribution in [1.29, 1.82) is 0 Å². The highest BCUT2D eigenvalue weighted by Crippen LogP contribution is 2.15. The number of hydrogen-bond acceptors (Lipinski definition) is 3. The predicted molar refractivity (Wildman–Crippen MR) is 76.2 cm³/mol. The molecule has 2 rings (SSSR count). The fraction of sp³-hybridized carbons (Fsp3) is 0.125. The van der Waals surface area contributed by atoms with E-state index in [1.807, 2.05) is 36.4 Å². The van der Waals surface area contributed by atoms with Crippen LogP contribution in [0.15, 0.2) is 60.7 Å². The van der Waals surface area contributed by atoms with E-state index in [0.717, 1.165) is 10.5 Å². The van der Waals surface area contributed by atoms with Gasteiger partial charge in [0.15, 0.2) is 0 Å². The zero-order chi connectivity index (χ0) is 14.4. The van der Waals surface area contributed by atoms with Crippen molar-refractivity contribution in [3.8, 4) is 0 Å². The van der Waals surface area contributed by atoms with Crippen molar-refractivity contribution >= 4 is 17.7 Å². The molecular formula is C16H15NO3. The van der Waals surface area contributed by atoms with E-state index in [1.54, 1.807) is 24.3 Å². The van der Waals surface area contributed by atoms with Crippen LogP contribution in [-0.4, -0.2) is 12.0 Å². The maximum absolute atomic E-state index is 12.0. The molecular weight excluding hydrogens is 254 g/mol. The lowest BCUT2D eigenvalue weighted by Gasteiger charge is -2.18. The maximum atomic E-state index is 12.0. The largest absolute Gasteiger partial charge is 0.444 e. The molecule has 102 valence electrons. The molecule has 0 spiro atoms. The number of hydrogen-bond donors (Lipinski definition) is 0. The van der Waals surface area contributed by atoms with Crippen molar-refractivity contribution in [2.75, 3.05) is 4.90 Å². The monoisotopic (exact) mass is 269 g/mol. The Morgan fingerprint density at radius 1 is 0.950 bits per heavy atom. The van der Waals surface area contributed by atoms with E-state index >= 15 is 0 Å². The Morgan fingerprint density at radius 3 is 2.05 bits per heavy atom. The third-order valence-electron chi connectivity index (χ3n) is 2.72. The third-order valence-corrected chi connectivity index (χ3v) is 2.72. The highest BCUT2D eigenvalue weighted by Gasteiger charge is 2.21. The minimum absolute atomic E-state index is 0.135. The van der Waals surface area contributed by atoms with Gasteiger partial charge in [0, 0.05) is 6.92 Å². The zero-order valence-electron chi connectivity index (χ0n) is 11.2. The van der Waals surface area contributed by atoms with Gasteiger partial charge in [-0.2, -0.15) is 0 Å². The van der Waals surface area contributed by atoms with Crippen molar-refractivity contribution < 1.29 is 14.3 Å². The molecule has 0 aliphatic heterocycles. The van der Waals surface area contributed by atoms with Crippen molar-refractivity contribution in [3.05, 3.63) is 66.2 Å². The van der Waals surface area contributed by atoms with Gasteiger partial charge in [0.25, 0.3) is 0 Å². The zero-order valence-corrected chi connectivity index (χ0v) is 11.2. The summed E-state index contributed by atoms with van der Waals surface area (Å²) in [6.07, 6.45) is -0.674. The number of rotatable bonds is 3. The van der Waals surface area contributed by atoms with Crippen molar-refractivity contribution in [2.24, 2.45) is 0 Å². The van der Waals surface area contributed by atoms with Crippen LogP contribution in [0.4, 0.5) is 10.5 Å². The molecule has 0 saturated carbocycles. The first-order chi connectivity index (χ1) is 9.68. The summed E-state index contributed by atoms with van der Waals surface area (Å²) in [4.78, 5) is 24.7. The van der Waals surface area contributed by atoms with E-state index in [9.17, 15) is 9.59 Å². The summed E-state index contributed by atoms with van der Waals surface area (Å²) in [6, 6.07) is 18.0. The van der Waals surface area contributed by atoms with Crippen LogP contribution in [0, 0.1) is 0 Å². The summed E-state index contributed by atoms with van der Waals surface area (Å²) >= 11 is 0. The SMILES string of the molecule is CC(=O)N(C(=O)OCc1ccccc1)c1ccccc1. The van der Waals surface area contributed by atoms with Gasteiger partial charge in [0.05, 0.1) is 5.69 Å². The highest BCUT2D eigenvalue weighted by atomic mass is 16.6. The number of nitrogens with zero attached hydrogens (tertiary/aromatic N) is 1. The number of imide groups is 1. The van der Waals surface area contributed by atoms with Gasteiger partial charge in [-0.15, -0.1) is 0 Å². The Balaban J connectivity index is 2.07. The second kappa shape index (κ2) is 6.52. The van der Waals surface area contributed by atoms with Crippen molar-refractivity contribution in [2.45, 2.75) is 13.5 Å². The van der Waals surface area contributed by atoms with Crippen LogP contribution in [0.1, 0.15) is 12.5 Å². The smallest absolute Gasteiger partial charge is 0.421 e. The molecule has 0 aliphatic carbocycles. The molecule has 0 aromatic heterocycles. The summed E-state index contributed by atoms with van der Waals surface area (Å²) in [5.74, 6) is -0.380. The Labute approximate surface area is 117 Å². The minimum Gasteiger partial charge on any atom is -0.444 e. The molecule has 0 radical (unpaired) electrons. The molecule has 0 saturated heterocycles. The lowest BCUT2D eigenvalue weighted by molar-refractivity contribution is -0.116. The van der Waals surface area contributed by atoms with Gasteiger partial charge in [0.2, 0.25) is 5.91 Å². The van der Waals surface area contributed by atoms with Crippen LogP contribution in [0.25, 0.3) is 0 Å². The lowest BCUT2D eigenvalue weighted by atomic mass is 10.2. The molecule has 2 aromatic carbocycles. The third kappa shape index (κ3) is 3.45. The molecule has 0 atom stereocenters. The van der Waals surface area contributed by atoms with E-state index in [4.69, 9.17) is 4.74 Å². The van der Waals surface area contributed by atoms with Crippen LogP contribution < -0.4 is 4.90 Å². The first-order valence-corrected chi connectivity index (χ1v) is 6.25. The second-order valence-corrected chi connectivity index (χ2v) is 4.23. The molecule has 2 aromatic rings. The lowest BCUT2D eigenvalue weighted by Crippen LogP contribution is -2.35. The van der Waals surface area contributed by atoms with Gasteiger partial charge >= 0.3 is 6.09 Å². The van der Waals surface area contributed by atoms with Crippen LogP contribution >= 0.6 is 0 Å². The Morgan fingerprint density at radius 2 is 1.50 bits per heavy atom. The summed E-state index contributed by atoms with van der Waals surface area (Å²) in [5, 5.41) is 0. The average molecular weight is 269 g/mol. The van der Waals surface area contributed by atoms with Crippen molar-refractivity contribution in [1.82, 2.24) is 0 Å². The van der Waals surface area contributed by atoms with Gasteiger partial charge < -0.3 is 4.74 Å². The molecule has 20 heavy (non-hydrogen) atoms. The number of ether oxygens (including phenoxy) is 1. The van der Waals surface area contributed by atoms with Gasteiger partial charge in [-0.05, 0) is 17.7 Å².